The SMILES string of the molecule is O=C(O)C1CCSc2ccc(Cl)c(Cl)c2C1. The Hall–Kier alpha value is -0.380. The van der Waals surface area contributed by atoms with Crippen molar-refractivity contribution in [3.8, 4) is 0 Å². The molecule has 1 unspecified atom stereocenters. The summed E-state index contributed by atoms with van der Waals surface area (Å²) in [6.45, 7) is 0. The molecule has 1 aromatic rings. The number of hydrogen-bond donors (Lipinski definition) is 1. The summed E-state index contributed by atoms with van der Waals surface area (Å²) >= 11 is 13.7. The van der Waals surface area contributed by atoms with Crippen LogP contribution in [0.5, 0.6) is 0 Å². The van der Waals surface area contributed by atoms with E-state index >= 15 is 0 Å². The average molecular weight is 277 g/mol. The summed E-state index contributed by atoms with van der Waals surface area (Å²) in [4.78, 5) is 12.1. The third-order valence-electron chi connectivity index (χ3n) is 2.68. The van der Waals surface area contributed by atoms with Gasteiger partial charge in [0, 0.05) is 4.90 Å². The van der Waals surface area contributed by atoms with Gasteiger partial charge < -0.3 is 5.11 Å². The molecule has 1 aliphatic heterocycles. The number of benzene rings is 1. The van der Waals surface area contributed by atoms with Crippen molar-refractivity contribution >= 4 is 40.9 Å². The van der Waals surface area contributed by atoms with Gasteiger partial charge in [0.2, 0.25) is 0 Å². The molecule has 0 saturated heterocycles. The minimum Gasteiger partial charge on any atom is -0.481 e. The summed E-state index contributed by atoms with van der Waals surface area (Å²) in [5.74, 6) is -0.309. The predicted molar refractivity (Wildman–Crippen MR) is 66.6 cm³/mol. The van der Waals surface area contributed by atoms with E-state index in [1.54, 1.807) is 17.8 Å². The molecule has 2 nitrogen and oxygen atoms in total. The van der Waals surface area contributed by atoms with Crippen molar-refractivity contribution in [2.24, 2.45) is 5.92 Å². The van der Waals surface area contributed by atoms with Crippen LogP contribution >= 0.6 is 35.0 Å². The largest absolute Gasteiger partial charge is 0.481 e. The summed E-state index contributed by atoms with van der Waals surface area (Å²) in [7, 11) is 0. The third kappa shape index (κ3) is 2.31. The number of halogens is 2. The Kier molecular flexibility index (Phi) is 3.67. The van der Waals surface area contributed by atoms with Gasteiger partial charge in [-0.3, -0.25) is 4.79 Å². The van der Waals surface area contributed by atoms with Crippen molar-refractivity contribution in [1.82, 2.24) is 0 Å². The van der Waals surface area contributed by atoms with Crippen LogP contribution in [0.15, 0.2) is 17.0 Å². The lowest BCUT2D eigenvalue weighted by molar-refractivity contribution is -0.141. The van der Waals surface area contributed by atoms with Gasteiger partial charge in [-0.25, -0.2) is 0 Å². The Morgan fingerprint density at radius 2 is 2.19 bits per heavy atom. The molecule has 1 aromatic carbocycles. The van der Waals surface area contributed by atoms with Crippen molar-refractivity contribution in [2.45, 2.75) is 17.7 Å². The number of hydrogen-bond acceptors (Lipinski definition) is 2. The van der Waals surface area contributed by atoms with Gasteiger partial charge >= 0.3 is 5.97 Å². The molecule has 0 fully saturated rings. The molecule has 1 aliphatic rings. The lowest BCUT2D eigenvalue weighted by Crippen LogP contribution is -2.16. The summed E-state index contributed by atoms with van der Waals surface area (Å²) in [6, 6.07) is 3.68. The zero-order chi connectivity index (χ0) is 11.7. The fourth-order valence-corrected chi connectivity index (χ4v) is 3.39. The van der Waals surface area contributed by atoms with Gasteiger partial charge in [-0.2, -0.15) is 0 Å². The van der Waals surface area contributed by atoms with Crippen LogP contribution in [0.3, 0.4) is 0 Å². The molecular formula is C11H10Cl2O2S. The van der Waals surface area contributed by atoms with Crippen molar-refractivity contribution in [3.05, 3.63) is 27.7 Å². The number of carboxylic acid groups (broad SMARTS) is 1. The summed E-state index contributed by atoms with van der Waals surface area (Å²) < 4.78 is 0. The Morgan fingerprint density at radius 3 is 2.88 bits per heavy atom. The van der Waals surface area contributed by atoms with Gasteiger partial charge in [-0.15, -0.1) is 11.8 Å². The van der Waals surface area contributed by atoms with E-state index in [1.807, 2.05) is 6.07 Å². The monoisotopic (exact) mass is 276 g/mol. The maximum atomic E-state index is 11.0. The number of rotatable bonds is 1. The molecule has 1 atom stereocenters. The fraction of sp³-hybridized carbons (Fsp3) is 0.364. The number of carboxylic acids is 1. The van der Waals surface area contributed by atoms with Crippen molar-refractivity contribution in [1.29, 1.82) is 0 Å². The highest BCUT2D eigenvalue weighted by molar-refractivity contribution is 7.99. The molecular weight excluding hydrogens is 267 g/mol. The van der Waals surface area contributed by atoms with Crippen molar-refractivity contribution in [3.63, 3.8) is 0 Å². The van der Waals surface area contributed by atoms with E-state index in [4.69, 9.17) is 28.3 Å². The second kappa shape index (κ2) is 4.86. The van der Waals surface area contributed by atoms with E-state index in [2.05, 4.69) is 0 Å². The molecule has 16 heavy (non-hydrogen) atoms. The lowest BCUT2D eigenvalue weighted by atomic mass is 9.97. The minimum atomic E-state index is -0.760. The molecule has 2 rings (SSSR count). The fourth-order valence-electron chi connectivity index (χ4n) is 1.77. The highest BCUT2D eigenvalue weighted by atomic mass is 35.5. The van der Waals surface area contributed by atoms with Gasteiger partial charge in [0.25, 0.3) is 0 Å². The van der Waals surface area contributed by atoms with Gasteiger partial charge in [0.1, 0.15) is 0 Å². The lowest BCUT2D eigenvalue weighted by Gasteiger charge is -2.11. The van der Waals surface area contributed by atoms with Gasteiger partial charge in [0.05, 0.1) is 16.0 Å². The van der Waals surface area contributed by atoms with Gasteiger partial charge in [-0.05, 0) is 36.3 Å². The van der Waals surface area contributed by atoms with Crippen molar-refractivity contribution in [2.75, 3.05) is 5.75 Å². The Labute approximate surface area is 108 Å². The second-order valence-electron chi connectivity index (χ2n) is 3.71. The van der Waals surface area contributed by atoms with Crippen LogP contribution in [0.2, 0.25) is 10.0 Å². The van der Waals surface area contributed by atoms with Crippen LogP contribution in [0.25, 0.3) is 0 Å². The molecule has 0 aliphatic carbocycles. The first kappa shape index (κ1) is 12.1. The Balaban J connectivity index is 2.41. The molecule has 86 valence electrons. The van der Waals surface area contributed by atoms with Crippen molar-refractivity contribution < 1.29 is 9.90 Å². The van der Waals surface area contributed by atoms with E-state index in [0.717, 1.165) is 16.2 Å². The predicted octanol–water partition coefficient (Wildman–Crippen LogP) is 3.73. The molecule has 0 radical (unpaired) electrons. The van der Waals surface area contributed by atoms with Gasteiger partial charge in [-0.1, -0.05) is 23.2 Å². The van der Waals surface area contributed by atoms with E-state index in [1.165, 1.54) is 0 Å². The molecule has 1 N–H and O–H groups in total. The van der Waals surface area contributed by atoms with Crippen LogP contribution < -0.4 is 0 Å². The third-order valence-corrected chi connectivity index (χ3v) is 4.65. The minimum absolute atomic E-state index is 0.357. The molecule has 0 aromatic heterocycles. The maximum absolute atomic E-state index is 11.0. The van der Waals surface area contributed by atoms with Crippen LogP contribution in [0.4, 0.5) is 0 Å². The first-order valence-corrected chi connectivity index (χ1v) is 6.66. The maximum Gasteiger partial charge on any atom is 0.306 e. The molecule has 0 bridgehead atoms. The Morgan fingerprint density at radius 1 is 1.44 bits per heavy atom. The van der Waals surface area contributed by atoms with E-state index in [-0.39, 0.29) is 5.92 Å². The highest BCUT2D eigenvalue weighted by Crippen LogP contribution is 2.38. The zero-order valence-corrected chi connectivity index (χ0v) is 10.7. The number of carbonyl (C=O) groups is 1. The van der Waals surface area contributed by atoms with Crippen LogP contribution in [-0.2, 0) is 11.2 Å². The Bertz CT molecular complexity index is 434. The topological polar surface area (TPSA) is 37.3 Å². The van der Waals surface area contributed by atoms with E-state index in [0.29, 0.717) is 22.9 Å². The smallest absolute Gasteiger partial charge is 0.306 e. The molecule has 1 heterocycles. The van der Waals surface area contributed by atoms with Crippen LogP contribution in [0.1, 0.15) is 12.0 Å². The normalized spacial score (nSPS) is 20.0. The standard InChI is InChI=1S/C11H10Cl2O2S/c12-8-1-2-9-7(10(8)13)5-6(11(14)15)3-4-16-9/h1-2,6H,3-5H2,(H,14,15). The number of thioether (sulfide) groups is 1. The molecule has 0 spiro atoms. The number of aliphatic carboxylic acids is 1. The summed E-state index contributed by atoms with van der Waals surface area (Å²) in [6.07, 6.45) is 1.14. The quantitative estimate of drug-likeness (QED) is 0.849. The molecule has 5 heteroatoms. The first-order valence-electron chi connectivity index (χ1n) is 4.92. The highest BCUT2D eigenvalue weighted by Gasteiger charge is 2.25. The van der Waals surface area contributed by atoms with E-state index in [9.17, 15) is 4.79 Å². The van der Waals surface area contributed by atoms with Crippen LogP contribution in [0, 0.1) is 5.92 Å². The number of fused-ring (bicyclic) bond motifs is 1. The molecule has 0 amide bonds. The zero-order valence-electron chi connectivity index (χ0n) is 8.37. The van der Waals surface area contributed by atoms with Crippen LogP contribution in [-0.4, -0.2) is 16.8 Å². The second-order valence-corrected chi connectivity index (χ2v) is 5.64. The summed E-state index contributed by atoms with van der Waals surface area (Å²) in [5.41, 5.74) is 0.879. The summed E-state index contributed by atoms with van der Waals surface area (Å²) in [5, 5.41) is 10.1. The first-order chi connectivity index (χ1) is 7.59. The average Bonchev–Trinajstić information content (AvgIpc) is 2.46. The van der Waals surface area contributed by atoms with Gasteiger partial charge in [0.15, 0.2) is 0 Å². The molecule has 0 saturated carbocycles. The van der Waals surface area contributed by atoms with E-state index < -0.39 is 5.97 Å².